The van der Waals surface area contributed by atoms with E-state index in [-0.39, 0.29) is 24.1 Å². The lowest BCUT2D eigenvalue weighted by molar-refractivity contribution is 0.0429. The van der Waals surface area contributed by atoms with Crippen LogP contribution in [0.2, 0.25) is 0 Å². The molecule has 3 aromatic rings. The minimum atomic E-state index is -0.569. The molecule has 3 rings (SSSR count). The number of esters is 1. The molecular weight excluding hydrogens is 379 g/mol. The Morgan fingerprint density at radius 3 is 2.59 bits per heavy atom. The van der Waals surface area contributed by atoms with Gasteiger partial charge in [-0.25, -0.2) is 9.18 Å². The molecule has 0 saturated heterocycles. The molecule has 0 aliphatic heterocycles. The third kappa shape index (κ3) is 5.31. The fourth-order valence-electron chi connectivity index (χ4n) is 2.41. The number of rotatable bonds is 8. The van der Waals surface area contributed by atoms with Crippen molar-refractivity contribution in [3.8, 4) is 22.9 Å². The summed E-state index contributed by atoms with van der Waals surface area (Å²) < 4.78 is 34.3. The second-order valence-corrected chi connectivity index (χ2v) is 6.67. The van der Waals surface area contributed by atoms with Crippen LogP contribution in [0.25, 0.3) is 11.4 Å². The van der Waals surface area contributed by atoms with Gasteiger partial charge in [0, 0.05) is 5.56 Å². The summed E-state index contributed by atoms with van der Waals surface area (Å²) in [6, 6.07) is 10.5. The first kappa shape index (κ1) is 20.3. The molecule has 0 radical (unpaired) electrons. The molecule has 2 aromatic carbocycles. The number of halogens is 1. The van der Waals surface area contributed by atoms with Crippen LogP contribution < -0.4 is 9.47 Å². The van der Waals surface area contributed by atoms with E-state index in [1.54, 1.807) is 18.2 Å². The number of nitrogens with zero attached hydrogens (tertiary/aromatic N) is 2. The van der Waals surface area contributed by atoms with Crippen molar-refractivity contribution in [3.05, 3.63) is 59.7 Å². The number of methoxy groups -OCH3 is 1. The molecule has 152 valence electrons. The lowest BCUT2D eigenvalue weighted by Gasteiger charge is -2.13. The van der Waals surface area contributed by atoms with Crippen molar-refractivity contribution in [1.29, 1.82) is 0 Å². The fraction of sp³-hybridized carbons (Fsp3) is 0.286. The van der Waals surface area contributed by atoms with Crippen molar-refractivity contribution in [3.63, 3.8) is 0 Å². The molecule has 0 amide bonds. The summed E-state index contributed by atoms with van der Waals surface area (Å²) in [5, 5.41) is 3.80. The van der Waals surface area contributed by atoms with E-state index in [1.165, 1.54) is 31.4 Å². The highest BCUT2D eigenvalue weighted by Crippen LogP contribution is 2.29. The van der Waals surface area contributed by atoms with E-state index >= 15 is 0 Å². The van der Waals surface area contributed by atoms with Gasteiger partial charge in [-0.15, -0.1) is 0 Å². The van der Waals surface area contributed by atoms with E-state index in [2.05, 4.69) is 10.1 Å². The van der Waals surface area contributed by atoms with Gasteiger partial charge in [-0.05, 0) is 48.4 Å². The highest BCUT2D eigenvalue weighted by atomic mass is 19.1. The molecule has 8 heteroatoms. The van der Waals surface area contributed by atoms with Gasteiger partial charge in [0.25, 0.3) is 5.89 Å². The smallest absolute Gasteiger partial charge is 0.338 e. The Morgan fingerprint density at radius 1 is 1.14 bits per heavy atom. The van der Waals surface area contributed by atoms with E-state index in [1.807, 2.05) is 13.8 Å². The first-order valence-corrected chi connectivity index (χ1v) is 9.02. The molecule has 0 spiro atoms. The second kappa shape index (κ2) is 9.18. The topological polar surface area (TPSA) is 83.7 Å². The van der Waals surface area contributed by atoms with Gasteiger partial charge in [-0.2, -0.15) is 4.98 Å². The quantitative estimate of drug-likeness (QED) is 0.522. The summed E-state index contributed by atoms with van der Waals surface area (Å²) >= 11 is 0. The number of hydrogen-bond acceptors (Lipinski definition) is 7. The molecule has 0 unspecified atom stereocenters. The summed E-state index contributed by atoms with van der Waals surface area (Å²) in [6.45, 7) is 4.42. The first-order chi connectivity index (χ1) is 14.0. The molecule has 1 heterocycles. The van der Waals surface area contributed by atoms with Gasteiger partial charge in [0.05, 0.1) is 19.3 Å². The van der Waals surface area contributed by atoms with Gasteiger partial charge in [0.2, 0.25) is 5.82 Å². The zero-order valence-corrected chi connectivity index (χ0v) is 16.3. The third-order valence-electron chi connectivity index (χ3n) is 3.87. The Balaban J connectivity index is 1.62. The number of hydrogen-bond donors (Lipinski definition) is 0. The lowest BCUT2D eigenvalue weighted by Crippen LogP contribution is -2.08. The average molecular weight is 400 g/mol. The Kier molecular flexibility index (Phi) is 6.43. The van der Waals surface area contributed by atoms with E-state index in [0.29, 0.717) is 35.2 Å². The summed E-state index contributed by atoms with van der Waals surface area (Å²) in [6.07, 6.45) is 0. The van der Waals surface area contributed by atoms with Gasteiger partial charge >= 0.3 is 5.97 Å². The molecule has 1 aromatic heterocycles. The minimum absolute atomic E-state index is 0.126. The van der Waals surface area contributed by atoms with Crippen molar-refractivity contribution >= 4 is 5.97 Å². The van der Waals surface area contributed by atoms with E-state index in [4.69, 9.17) is 18.7 Å². The number of benzene rings is 2. The Hall–Kier alpha value is -3.42. The third-order valence-corrected chi connectivity index (χ3v) is 3.87. The summed E-state index contributed by atoms with van der Waals surface area (Å²) in [5.41, 5.74) is 0.895. The van der Waals surface area contributed by atoms with E-state index in [0.717, 1.165) is 0 Å². The van der Waals surface area contributed by atoms with Crippen molar-refractivity contribution in [2.24, 2.45) is 5.92 Å². The minimum Gasteiger partial charge on any atom is -0.493 e. The van der Waals surface area contributed by atoms with Crippen molar-refractivity contribution in [1.82, 2.24) is 10.1 Å². The predicted molar refractivity (Wildman–Crippen MR) is 102 cm³/mol. The SMILES string of the molecule is COc1cc(C(=O)OCc2nc(-c3ccc(F)cc3)no2)ccc1OCC(C)C. The van der Waals surface area contributed by atoms with Crippen LogP contribution in [0.15, 0.2) is 47.0 Å². The fourth-order valence-corrected chi connectivity index (χ4v) is 2.41. The van der Waals surface area contributed by atoms with Crippen LogP contribution in [0.5, 0.6) is 11.5 Å². The zero-order chi connectivity index (χ0) is 20.8. The largest absolute Gasteiger partial charge is 0.493 e. The second-order valence-electron chi connectivity index (χ2n) is 6.67. The number of carbonyl (C=O) groups excluding carboxylic acids is 1. The van der Waals surface area contributed by atoms with Crippen LogP contribution in [0.1, 0.15) is 30.1 Å². The molecule has 0 aliphatic carbocycles. The molecule has 7 nitrogen and oxygen atoms in total. The normalized spacial score (nSPS) is 10.8. The van der Waals surface area contributed by atoms with Crippen LogP contribution in [0.3, 0.4) is 0 Å². The van der Waals surface area contributed by atoms with Crippen molar-refractivity contribution in [2.45, 2.75) is 20.5 Å². The number of ether oxygens (including phenoxy) is 3. The molecule has 0 bridgehead atoms. The number of aromatic nitrogens is 2. The Labute approximate surface area is 167 Å². The summed E-state index contributed by atoms with van der Waals surface area (Å²) in [5.74, 6) is 0.835. The van der Waals surface area contributed by atoms with Crippen LogP contribution >= 0.6 is 0 Å². The monoisotopic (exact) mass is 400 g/mol. The predicted octanol–water partition coefficient (Wildman–Crippen LogP) is 4.28. The van der Waals surface area contributed by atoms with Gasteiger partial charge in [0.15, 0.2) is 18.1 Å². The van der Waals surface area contributed by atoms with E-state index in [9.17, 15) is 9.18 Å². The molecule has 0 N–H and O–H groups in total. The highest BCUT2D eigenvalue weighted by molar-refractivity contribution is 5.90. The molecule has 0 saturated carbocycles. The maximum Gasteiger partial charge on any atom is 0.338 e. The van der Waals surface area contributed by atoms with Crippen LogP contribution in [0, 0.1) is 11.7 Å². The van der Waals surface area contributed by atoms with Crippen LogP contribution in [-0.2, 0) is 11.3 Å². The summed E-state index contributed by atoms with van der Waals surface area (Å²) in [4.78, 5) is 16.5. The highest BCUT2D eigenvalue weighted by Gasteiger charge is 2.15. The van der Waals surface area contributed by atoms with Crippen molar-refractivity contribution in [2.75, 3.05) is 13.7 Å². The van der Waals surface area contributed by atoms with Crippen LogP contribution in [0.4, 0.5) is 4.39 Å². The van der Waals surface area contributed by atoms with Crippen LogP contribution in [-0.4, -0.2) is 29.8 Å². The van der Waals surface area contributed by atoms with Gasteiger partial charge < -0.3 is 18.7 Å². The molecule has 0 atom stereocenters. The maximum absolute atomic E-state index is 13.0. The lowest BCUT2D eigenvalue weighted by atomic mass is 10.2. The standard InChI is InChI=1S/C21H21FN2O5/c1-13(2)11-27-17-9-6-15(10-18(17)26-3)21(25)28-12-19-23-20(24-29-19)14-4-7-16(22)8-5-14/h4-10,13H,11-12H2,1-3H3. The number of carbonyl (C=O) groups is 1. The first-order valence-electron chi connectivity index (χ1n) is 9.02. The zero-order valence-electron chi connectivity index (χ0n) is 16.3. The summed E-state index contributed by atoms with van der Waals surface area (Å²) in [7, 11) is 1.50. The maximum atomic E-state index is 13.0. The van der Waals surface area contributed by atoms with Gasteiger partial charge in [-0.3, -0.25) is 0 Å². The van der Waals surface area contributed by atoms with Gasteiger partial charge in [0.1, 0.15) is 5.82 Å². The molecular formula is C21H21FN2O5. The molecule has 0 aliphatic rings. The average Bonchev–Trinajstić information content (AvgIpc) is 3.19. The molecule has 0 fully saturated rings. The Morgan fingerprint density at radius 2 is 1.90 bits per heavy atom. The Bertz CT molecular complexity index is 969. The van der Waals surface area contributed by atoms with Gasteiger partial charge in [-0.1, -0.05) is 19.0 Å². The van der Waals surface area contributed by atoms with Crippen molar-refractivity contribution < 1.29 is 27.9 Å². The van der Waals surface area contributed by atoms with E-state index < -0.39 is 5.97 Å². The molecule has 29 heavy (non-hydrogen) atoms.